The van der Waals surface area contributed by atoms with E-state index in [4.69, 9.17) is 10.9 Å². The van der Waals surface area contributed by atoms with E-state index in [-0.39, 0.29) is 5.84 Å². The minimum atomic E-state index is 0.130. The van der Waals surface area contributed by atoms with Gasteiger partial charge in [-0.15, -0.1) is 11.8 Å². The lowest BCUT2D eigenvalue weighted by atomic mass is 10.2. The topological polar surface area (TPSA) is 71.5 Å². The van der Waals surface area contributed by atoms with Gasteiger partial charge in [0.05, 0.1) is 5.03 Å². The number of hydrogen-bond acceptors (Lipinski definition) is 4. The van der Waals surface area contributed by atoms with Crippen molar-refractivity contribution in [3.05, 3.63) is 23.4 Å². The second-order valence-corrected chi connectivity index (χ2v) is 4.99. The van der Waals surface area contributed by atoms with Gasteiger partial charge >= 0.3 is 0 Å². The average molecular weight is 253 g/mol. The molecule has 0 bridgehead atoms. The highest BCUT2D eigenvalue weighted by Gasteiger charge is 2.04. The van der Waals surface area contributed by atoms with E-state index in [1.165, 1.54) is 19.3 Å². The van der Waals surface area contributed by atoms with Crippen molar-refractivity contribution < 1.29 is 5.21 Å². The maximum Gasteiger partial charge on any atom is 0.170 e. The van der Waals surface area contributed by atoms with Crippen LogP contribution in [0.4, 0.5) is 0 Å². The number of nitrogens with two attached hydrogens (primary N) is 1. The second kappa shape index (κ2) is 7.17. The first-order valence-electron chi connectivity index (χ1n) is 5.76. The average Bonchev–Trinajstić information content (AvgIpc) is 2.33. The SMILES string of the molecule is CCCCCSc1cc(/C(N)=N/O)cc(C)n1. The molecule has 3 N–H and O–H groups in total. The summed E-state index contributed by atoms with van der Waals surface area (Å²) in [4.78, 5) is 4.42. The van der Waals surface area contributed by atoms with Gasteiger partial charge < -0.3 is 10.9 Å². The van der Waals surface area contributed by atoms with Gasteiger partial charge in [0, 0.05) is 11.3 Å². The summed E-state index contributed by atoms with van der Waals surface area (Å²) >= 11 is 1.71. The molecule has 1 rings (SSSR count). The van der Waals surface area contributed by atoms with E-state index < -0.39 is 0 Å². The maximum absolute atomic E-state index is 8.65. The Kier molecular flexibility index (Phi) is 5.83. The molecule has 0 saturated heterocycles. The quantitative estimate of drug-likeness (QED) is 0.204. The fraction of sp³-hybridized carbons (Fsp3) is 0.500. The predicted molar refractivity (Wildman–Crippen MR) is 71.7 cm³/mol. The lowest BCUT2D eigenvalue weighted by molar-refractivity contribution is 0.318. The van der Waals surface area contributed by atoms with Crippen molar-refractivity contribution in [3.8, 4) is 0 Å². The van der Waals surface area contributed by atoms with Gasteiger partial charge in [-0.05, 0) is 31.2 Å². The third-order valence-electron chi connectivity index (χ3n) is 2.33. The van der Waals surface area contributed by atoms with E-state index in [0.29, 0.717) is 0 Å². The third kappa shape index (κ3) is 4.65. The first kappa shape index (κ1) is 13.8. The van der Waals surface area contributed by atoms with Crippen LogP contribution in [-0.4, -0.2) is 21.8 Å². The van der Waals surface area contributed by atoms with Crippen molar-refractivity contribution in [3.63, 3.8) is 0 Å². The Hall–Kier alpha value is -1.23. The first-order valence-corrected chi connectivity index (χ1v) is 6.75. The van der Waals surface area contributed by atoms with Crippen molar-refractivity contribution in [2.24, 2.45) is 10.9 Å². The van der Waals surface area contributed by atoms with Gasteiger partial charge in [0.15, 0.2) is 5.84 Å². The number of amidine groups is 1. The summed E-state index contributed by atoms with van der Waals surface area (Å²) in [5.74, 6) is 1.19. The van der Waals surface area contributed by atoms with Crippen molar-refractivity contribution in [2.75, 3.05) is 5.75 Å². The highest BCUT2D eigenvalue weighted by molar-refractivity contribution is 7.99. The fourth-order valence-electron chi connectivity index (χ4n) is 1.45. The minimum Gasteiger partial charge on any atom is -0.409 e. The summed E-state index contributed by atoms with van der Waals surface area (Å²) in [6.07, 6.45) is 3.65. The molecule has 1 aromatic heterocycles. The van der Waals surface area contributed by atoms with Crippen LogP contribution in [0.15, 0.2) is 22.3 Å². The van der Waals surface area contributed by atoms with Gasteiger partial charge in [0.25, 0.3) is 0 Å². The fourth-order valence-corrected chi connectivity index (χ4v) is 2.42. The molecule has 94 valence electrons. The Balaban J connectivity index is 2.69. The molecule has 0 fully saturated rings. The van der Waals surface area contributed by atoms with Gasteiger partial charge in [-0.1, -0.05) is 24.9 Å². The number of thioether (sulfide) groups is 1. The Labute approximate surface area is 106 Å². The molecule has 0 spiro atoms. The van der Waals surface area contributed by atoms with Crippen LogP contribution in [0.1, 0.15) is 37.4 Å². The normalized spacial score (nSPS) is 11.8. The van der Waals surface area contributed by atoms with Crippen LogP contribution < -0.4 is 5.73 Å². The van der Waals surface area contributed by atoms with E-state index in [1.54, 1.807) is 11.8 Å². The van der Waals surface area contributed by atoms with Crippen LogP contribution in [0.25, 0.3) is 0 Å². The molecule has 0 atom stereocenters. The van der Waals surface area contributed by atoms with E-state index >= 15 is 0 Å². The Morgan fingerprint density at radius 3 is 2.88 bits per heavy atom. The standard InChI is InChI=1S/C12H19N3OS/c1-3-4-5-6-17-11-8-10(12(13)15-16)7-9(2)14-11/h7-8,16H,3-6H2,1-2H3,(H2,13,15). The number of unbranched alkanes of at least 4 members (excludes halogenated alkanes) is 2. The summed E-state index contributed by atoms with van der Waals surface area (Å²) in [5, 5.41) is 12.6. The highest BCUT2D eigenvalue weighted by atomic mass is 32.2. The van der Waals surface area contributed by atoms with Crippen molar-refractivity contribution in [1.82, 2.24) is 4.98 Å². The first-order chi connectivity index (χ1) is 8.17. The van der Waals surface area contributed by atoms with E-state index in [9.17, 15) is 0 Å². The van der Waals surface area contributed by atoms with Crippen LogP contribution >= 0.6 is 11.8 Å². The molecular formula is C12H19N3OS. The molecule has 0 unspecified atom stereocenters. The molecule has 17 heavy (non-hydrogen) atoms. The number of aryl methyl sites for hydroxylation is 1. The maximum atomic E-state index is 8.65. The van der Waals surface area contributed by atoms with Crippen LogP contribution in [0.3, 0.4) is 0 Å². The van der Waals surface area contributed by atoms with Gasteiger partial charge in [-0.3, -0.25) is 0 Å². The minimum absolute atomic E-state index is 0.130. The van der Waals surface area contributed by atoms with Crippen LogP contribution in [-0.2, 0) is 0 Å². The van der Waals surface area contributed by atoms with Crippen LogP contribution in [0.2, 0.25) is 0 Å². The zero-order chi connectivity index (χ0) is 12.7. The number of rotatable bonds is 6. The number of pyridine rings is 1. The Morgan fingerprint density at radius 2 is 2.24 bits per heavy atom. The van der Waals surface area contributed by atoms with Crippen LogP contribution in [0.5, 0.6) is 0 Å². The zero-order valence-electron chi connectivity index (χ0n) is 10.3. The van der Waals surface area contributed by atoms with Crippen molar-refractivity contribution in [1.29, 1.82) is 0 Å². The van der Waals surface area contributed by atoms with Gasteiger partial charge in [0.1, 0.15) is 0 Å². The highest BCUT2D eigenvalue weighted by Crippen LogP contribution is 2.19. The van der Waals surface area contributed by atoms with Crippen molar-refractivity contribution in [2.45, 2.75) is 38.1 Å². The third-order valence-corrected chi connectivity index (χ3v) is 3.33. The van der Waals surface area contributed by atoms with E-state index in [1.807, 2.05) is 19.1 Å². The number of nitrogens with zero attached hydrogens (tertiary/aromatic N) is 2. The Morgan fingerprint density at radius 1 is 1.47 bits per heavy atom. The molecular weight excluding hydrogens is 234 g/mol. The second-order valence-electron chi connectivity index (χ2n) is 3.88. The molecule has 0 aliphatic heterocycles. The zero-order valence-corrected chi connectivity index (χ0v) is 11.1. The van der Waals surface area contributed by atoms with Gasteiger partial charge in [-0.25, -0.2) is 4.98 Å². The summed E-state index contributed by atoms with van der Waals surface area (Å²) in [6.45, 7) is 4.09. The molecule has 0 saturated carbocycles. The van der Waals surface area contributed by atoms with E-state index in [2.05, 4.69) is 17.1 Å². The molecule has 4 nitrogen and oxygen atoms in total. The summed E-state index contributed by atoms with van der Waals surface area (Å²) in [7, 11) is 0. The Bertz CT molecular complexity index is 393. The summed E-state index contributed by atoms with van der Waals surface area (Å²) in [5.41, 5.74) is 7.17. The molecule has 0 aliphatic carbocycles. The number of oxime groups is 1. The monoisotopic (exact) mass is 253 g/mol. The van der Waals surface area contributed by atoms with Crippen LogP contribution in [0, 0.1) is 6.92 Å². The lowest BCUT2D eigenvalue weighted by Crippen LogP contribution is -2.13. The van der Waals surface area contributed by atoms with Gasteiger partial charge in [0.2, 0.25) is 0 Å². The molecule has 0 aromatic carbocycles. The molecule has 5 heteroatoms. The lowest BCUT2D eigenvalue weighted by Gasteiger charge is -2.05. The largest absolute Gasteiger partial charge is 0.409 e. The van der Waals surface area contributed by atoms with E-state index in [0.717, 1.165) is 22.0 Å². The number of hydrogen-bond donors (Lipinski definition) is 2. The summed E-state index contributed by atoms with van der Waals surface area (Å²) < 4.78 is 0. The predicted octanol–water partition coefficient (Wildman–Crippen LogP) is 2.77. The molecule has 0 radical (unpaired) electrons. The molecule has 1 aromatic rings. The smallest absolute Gasteiger partial charge is 0.170 e. The van der Waals surface area contributed by atoms with Gasteiger partial charge in [-0.2, -0.15) is 0 Å². The molecule has 0 amide bonds. The van der Waals surface area contributed by atoms with Crippen molar-refractivity contribution >= 4 is 17.6 Å². The number of aromatic nitrogens is 1. The molecule has 0 aliphatic rings. The molecule has 1 heterocycles. The summed E-state index contributed by atoms with van der Waals surface area (Å²) in [6, 6.07) is 3.67.